The Balaban J connectivity index is 1.67. The summed E-state index contributed by atoms with van der Waals surface area (Å²) < 4.78 is 0. The summed E-state index contributed by atoms with van der Waals surface area (Å²) in [5.74, 6) is 0. The number of β-amino-alcohol motifs (C(OH)–C–C–N with tert-alkyl or cyclic N) is 1. The zero-order valence-electron chi connectivity index (χ0n) is 8.18. The monoisotopic (exact) mass is 199 g/mol. The molecule has 1 saturated carbocycles. The highest BCUT2D eigenvalue weighted by molar-refractivity contribution is 5.74. The number of carbonyl (C=O) groups is 1. The van der Waals surface area contributed by atoms with Crippen LogP contribution in [0.25, 0.3) is 0 Å². The van der Waals surface area contributed by atoms with Crippen LogP contribution < -0.4 is 16.0 Å². The Labute approximate surface area is 83.3 Å². The van der Waals surface area contributed by atoms with Crippen molar-refractivity contribution in [3.63, 3.8) is 0 Å². The van der Waals surface area contributed by atoms with E-state index in [2.05, 4.69) is 16.0 Å². The Kier molecular flexibility index (Phi) is 2.60. The van der Waals surface area contributed by atoms with Gasteiger partial charge in [0, 0.05) is 19.1 Å². The van der Waals surface area contributed by atoms with Crippen LogP contribution in [0.15, 0.2) is 0 Å². The molecule has 0 bridgehead atoms. The highest BCUT2D eigenvalue weighted by atomic mass is 16.3. The number of hydrogen-bond donors (Lipinski definition) is 4. The van der Waals surface area contributed by atoms with Crippen molar-refractivity contribution >= 4 is 6.03 Å². The number of amides is 2. The van der Waals surface area contributed by atoms with Gasteiger partial charge < -0.3 is 21.1 Å². The van der Waals surface area contributed by atoms with Crippen LogP contribution in [-0.2, 0) is 0 Å². The molecule has 1 atom stereocenters. The second kappa shape index (κ2) is 3.74. The fraction of sp³-hybridized carbons (Fsp3) is 0.889. The molecule has 2 rings (SSSR count). The number of urea groups is 1. The summed E-state index contributed by atoms with van der Waals surface area (Å²) in [6.07, 6.45) is 2.87. The average molecular weight is 199 g/mol. The molecule has 1 aliphatic carbocycles. The van der Waals surface area contributed by atoms with Gasteiger partial charge in [-0.25, -0.2) is 4.79 Å². The molecule has 80 valence electrons. The van der Waals surface area contributed by atoms with Gasteiger partial charge in [-0.3, -0.25) is 0 Å². The lowest BCUT2D eigenvalue weighted by Gasteiger charge is -2.21. The molecule has 5 heteroatoms. The van der Waals surface area contributed by atoms with E-state index in [9.17, 15) is 9.90 Å². The second-order valence-corrected chi connectivity index (χ2v) is 4.25. The van der Waals surface area contributed by atoms with Gasteiger partial charge in [0.25, 0.3) is 0 Å². The van der Waals surface area contributed by atoms with Crippen molar-refractivity contribution in [1.82, 2.24) is 16.0 Å². The molecule has 1 aliphatic heterocycles. The number of aliphatic hydroxyl groups is 1. The van der Waals surface area contributed by atoms with Crippen molar-refractivity contribution < 1.29 is 9.90 Å². The smallest absolute Gasteiger partial charge is 0.315 e. The first kappa shape index (κ1) is 9.73. The fourth-order valence-electron chi connectivity index (χ4n) is 1.59. The fourth-order valence-corrected chi connectivity index (χ4v) is 1.59. The first-order valence-electron chi connectivity index (χ1n) is 5.15. The maximum absolute atomic E-state index is 11.2. The summed E-state index contributed by atoms with van der Waals surface area (Å²) in [6.45, 7) is 1.72. The molecular formula is C9H17N3O2. The van der Waals surface area contributed by atoms with Crippen LogP contribution >= 0.6 is 0 Å². The molecule has 0 aromatic rings. The van der Waals surface area contributed by atoms with Crippen molar-refractivity contribution in [3.05, 3.63) is 0 Å². The third-order valence-corrected chi connectivity index (χ3v) is 2.71. The quantitative estimate of drug-likeness (QED) is 0.479. The Bertz CT molecular complexity index is 222. The number of hydrogen-bond acceptors (Lipinski definition) is 3. The lowest BCUT2D eigenvalue weighted by Crippen LogP contribution is -2.47. The van der Waals surface area contributed by atoms with Gasteiger partial charge in [-0.15, -0.1) is 0 Å². The van der Waals surface area contributed by atoms with E-state index >= 15 is 0 Å². The molecule has 4 N–H and O–H groups in total. The van der Waals surface area contributed by atoms with Crippen molar-refractivity contribution in [1.29, 1.82) is 0 Å². The molecular weight excluding hydrogens is 182 g/mol. The number of rotatable bonds is 3. The molecule has 0 aromatic heterocycles. The highest BCUT2D eigenvalue weighted by Gasteiger charge is 2.31. The van der Waals surface area contributed by atoms with Crippen LogP contribution in [0.2, 0.25) is 0 Å². The van der Waals surface area contributed by atoms with Crippen molar-refractivity contribution in [2.75, 3.05) is 19.6 Å². The minimum Gasteiger partial charge on any atom is -0.387 e. The van der Waals surface area contributed by atoms with Crippen LogP contribution in [0.1, 0.15) is 19.3 Å². The van der Waals surface area contributed by atoms with Crippen LogP contribution in [0.4, 0.5) is 4.79 Å². The topological polar surface area (TPSA) is 73.4 Å². The Hall–Kier alpha value is -0.810. The maximum Gasteiger partial charge on any atom is 0.315 e. The summed E-state index contributed by atoms with van der Waals surface area (Å²) in [5.41, 5.74) is -0.749. The number of nitrogens with one attached hydrogen (secondary N) is 3. The molecule has 14 heavy (non-hydrogen) atoms. The van der Waals surface area contributed by atoms with E-state index in [0.717, 1.165) is 19.4 Å². The summed E-state index contributed by atoms with van der Waals surface area (Å²) in [6, 6.07) is 0.208. The molecule has 5 nitrogen and oxygen atoms in total. The van der Waals surface area contributed by atoms with E-state index in [1.165, 1.54) is 0 Å². The third-order valence-electron chi connectivity index (χ3n) is 2.71. The van der Waals surface area contributed by atoms with Gasteiger partial charge in [0.15, 0.2) is 0 Å². The molecule has 1 unspecified atom stereocenters. The van der Waals surface area contributed by atoms with Gasteiger partial charge >= 0.3 is 6.03 Å². The number of carbonyl (C=O) groups excluding carboxylic acids is 1. The molecule has 2 fully saturated rings. The maximum atomic E-state index is 11.2. The van der Waals surface area contributed by atoms with Crippen LogP contribution in [0.5, 0.6) is 0 Å². The average Bonchev–Trinajstić information content (AvgIpc) is 2.85. The van der Waals surface area contributed by atoms with E-state index in [-0.39, 0.29) is 6.03 Å². The predicted molar refractivity (Wildman–Crippen MR) is 52.0 cm³/mol. The van der Waals surface area contributed by atoms with Crippen LogP contribution in [0, 0.1) is 0 Å². The minimum atomic E-state index is -0.749. The summed E-state index contributed by atoms with van der Waals surface area (Å²) >= 11 is 0. The van der Waals surface area contributed by atoms with Crippen LogP contribution in [-0.4, -0.2) is 42.4 Å². The summed E-state index contributed by atoms with van der Waals surface area (Å²) in [5, 5.41) is 18.5. The molecule has 1 heterocycles. The Morgan fingerprint density at radius 2 is 2.36 bits per heavy atom. The SMILES string of the molecule is O=C(NCC1(O)CCNC1)NC1CC1. The molecule has 2 aliphatic rings. The van der Waals surface area contributed by atoms with E-state index in [1.54, 1.807) is 0 Å². The first-order valence-corrected chi connectivity index (χ1v) is 5.15. The summed E-state index contributed by atoms with van der Waals surface area (Å²) in [4.78, 5) is 11.2. The van der Waals surface area contributed by atoms with Gasteiger partial charge in [0.05, 0.1) is 5.60 Å². The van der Waals surface area contributed by atoms with Gasteiger partial charge in [-0.05, 0) is 25.8 Å². The minimum absolute atomic E-state index is 0.159. The standard InChI is InChI=1S/C9H17N3O2/c13-8(12-7-1-2-7)11-6-9(14)3-4-10-5-9/h7,10,14H,1-6H2,(H2,11,12,13). The van der Waals surface area contributed by atoms with Gasteiger partial charge in [0.1, 0.15) is 0 Å². The highest BCUT2D eigenvalue weighted by Crippen LogP contribution is 2.18. The van der Waals surface area contributed by atoms with Crippen molar-refractivity contribution in [2.45, 2.75) is 30.9 Å². The Morgan fingerprint density at radius 3 is 2.93 bits per heavy atom. The molecule has 0 spiro atoms. The second-order valence-electron chi connectivity index (χ2n) is 4.25. The van der Waals surface area contributed by atoms with E-state index in [4.69, 9.17) is 0 Å². The largest absolute Gasteiger partial charge is 0.387 e. The summed E-state index contributed by atoms with van der Waals surface area (Å²) in [7, 11) is 0. The molecule has 0 radical (unpaired) electrons. The van der Waals surface area contributed by atoms with Crippen LogP contribution in [0.3, 0.4) is 0 Å². The lowest BCUT2D eigenvalue weighted by molar-refractivity contribution is 0.0634. The lowest BCUT2D eigenvalue weighted by atomic mass is 10.0. The van der Waals surface area contributed by atoms with E-state index < -0.39 is 5.60 Å². The van der Waals surface area contributed by atoms with Crippen molar-refractivity contribution in [2.24, 2.45) is 0 Å². The third kappa shape index (κ3) is 2.59. The van der Waals surface area contributed by atoms with Gasteiger partial charge in [-0.1, -0.05) is 0 Å². The van der Waals surface area contributed by atoms with E-state index in [1.807, 2.05) is 0 Å². The normalized spacial score (nSPS) is 31.5. The van der Waals surface area contributed by atoms with Crippen molar-refractivity contribution in [3.8, 4) is 0 Å². The zero-order chi connectivity index (χ0) is 10.0. The first-order chi connectivity index (χ1) is 6.68. The molecule has 1 saturated heterocycles. The predicted octanol–water partition coefficient (Wildman–Crippen LogP) is -0.828. The van der Waals surface area contributed by atoms with Gasteiger partial charge in [-0.2, -0.15) is 0 Å². The van der Waals surface area contributed by atoms with Gasteiger partial charge in [0.2, 0.25) is 0 Å². The molecule has 2 amide bonds. The Morgan fingerprint density at radius 1 is 1.57 bits per heavy atom. The van der Waals surface area contributed by atoms with E-state index in [0.29, 0.717) is 25.6 Å². The zero-order valence-corrected chi connectivity index (χ0v) is 8.18. The molecule has 0 aromatic carbocycles.